The fourth-order valence-corrected chi connectivity index (χ4v) is 2.04. The first-order valence-corrected chi connectivity index (χ1v) is 6.61. The summed E-state index contributed by atoms with van der Waals surface area (Å²) in [6, 6.07) is 15.0. The van der Waals surface area contributed by atoms with Crippen LogP contribution < -0.4 is 5.73 Å². The molecule has 21 heavy (non-hydrogen) atoms. The molecule has 2 amide bonds. The SMILES string of the molecule is Cc1cccc(CN(Cc2ccccc2)C(=O)C(N)=O)n1. The van der Waals surface area contributed by atoms with E-state index in [2.05, 4.69) is 4.98 Å². The lowest BCUT2D eigenvalue weighted by Gasteiger charge is -2.21. The molecule has 0 bridgehead atoms. The second-order valence-electron chi connectivity index (χ2n) is 4.78. The minimum atomic E-state index is -0.960. The van der Waals surface area contributed by atoms with Gasteiger partial charge in [0.25, 0.3) is 0 Å². The van der Waals surface area contributed by atoms with Crippen molar-refractivity contribution in [2.24, 2.45) is 5.73 Å². The molecule has 2 rings (SSSR count). The van der Waals surface area contributed by atoms with Crippen molar-refractivity contribution in [1.29, 1.82) is 0 Å². The van der Waals surface area contributed by atoms with E-state index < -0.39 is 11.8 Å². The average Bonchev–Trinajstić information content (AvgIpc) is 2.47. The van der Waals surface area contributed by atoms with E-state index in [9.17, 15) is 9.59 Å². The average molecular weight is 283 g/mol. The lowest BCUT2D eigenvalue weighted by atomic mass is 10.2. The van der Waals surface area contributed by atoms with Gasteiger partial charge >= 0.3 is 11.8 Å². The zero-order chi connectivity index (χ0) is 15.2. The van der Waals surface area contributed by atoms with Crippen LogP contribution in [-0.2, 0) is 22.7 Å². The maximum absolute atomic E-state index is 12.0. The van der Waals surface area contributed by atoms with Gasteiger partial charge in [-0.1, -0.05) is 36.4 Å². The Bertz CT molecular complexity index is 641. The fraction of sp³-hybridized carbons (Fsp3) is 0.188. The summed E-state index contributed by atoms with van der Waals surface area (Å²) in [5.74, 6) is -1.67. The quantitative estimate of drug-likeness (QED) is 0.862. The lowest BCUT2D eigenvalue weighted by molar-refractivity contribution is -0.145. The van der Waals surface area contributed by atoms with Crippen LogP contribution in [-0.4, -0.2) is 21.7 Å². The van der Waals surface area contributed by atoms with Crippen LogP contribution in [0.5, 0.6) is 0 Å². The number of benzene rings is 1. The Balaban J connectivity index is 2.20. The van der Waals surface area contributed by atoms with E-state index >= 15 is 0 Å². The smallest absolute Gasteiger partial charge is 0.312 e. The van der Waals surface area contributed by atoms with Gasteiger partial charge in [-0.3, -0.25) is 14.6 Å². The van der Waals surface area contributed by atoms with E-state index in [0.717, 1.165) is 17.0 Å². The molecule has 0 saturated carbocycles. The van der Waals surface area contributed by atoms with Gasteiger partial charge in [-0.25, -0.2) is 0 Å². The highest BCUT2D eigenvalue weighted by Crippen LogP contribution is 2.09. The Morgan fingerprint density at radius 1 is 1.05 bits per heavy atom. The number of pyridine rings is 1. The number of carbonyl (C=O) groups excluding carboxylic acids is 2. The van der Waals surface area contributed by atoms with Crippen molar-refractivity contribution < 1.29 is 9.59 Å². The van der Waals surface area contributed by atoms with E-state index in [-0.39, 0.29) is 6.54 Å². The van der Waals surface area contributed by atoms with E-state index in [1.54, 1.807) is 0 Å². The maximum atomic E-state index is 12.0. The monoisotopic (exact) mass is 283 g/mol. The van der Waals surface area contributed by atoms with Crippen LogP contribution in [0.3, 0.4) is 0 Å². The summed E-state index contributed by atoms with van der Waals surface area (Å²) in [7, 11) is 0. The van der Waals surface area contributed by atoms with Crippen LogP contribution in [0.25, 0.3) is 0 Å². The molecule has 2 N–H and O–H groups in total. The first-order chi connectivity index (χ1) is 10.1. The largest absolute Gasteiger partial charge is 0.361 e. The van der Waals surface area contributed by atoms with Gasteiger partial charge in [0.15, 0.2) is 0 Å². The third-order valence-corrected chi connectivity index (χ3v) is 3.01. The minimum absolute atomic E-state index is 0.248. The normalized spacial score (nSPS) is 10.1. The van der Waals surface area contributed by atoms with E-state index in [0.29, 0.717) is 6.54 Å². The first-order valence-electron chi connectivity index (χ1n) is 6.61. The summed E-state index contributed by atoms with van der Waals surface area (Å²) < 4.78 is 0. The number of nitrogens with zero attached hydrogens (tertiary/aromatic N) is 2. The molecule has 5 heteroatoms. The van der Waals surface area contributed by atoms with Crippen molar-refractivity contribution in [1.82, 2.24) is 9.88 Å². The van der Waals surface area contributed by atoms with Crippen molar-refractivity contribution in [3.8, 4) is 0 Å². The van der Waals surface area contributed by atoms with Crippen LogP contribution in [0, 0.1) is 6.92 Å². The number of primary amides is 1. The van der Waals surface area contributed by atoms with Crippen molar-refractivity contribution in [3.05, 3.63) is 65.5 Å². The zero-order valence-corrected chi connectivity index (χ0v) is 11.8. The summed E-state index contributed by atoms with van der Waals surface area (Å²) in [6.45, 7) is 2.44. The number of carbonyl (C=O) groups is 2. The van der Waals surface area contributed by atoms with Gasteiger partial charge in [-0.2, -0.15) is 0 Å². The minimum Gasteiger partial charge on any atom is -0.361 e. The molecule has 2 aromatic rings. The second kappa shape index (κ2) is 6.65. The van der Waals surface area contributed by atoms with Crippen LogP contribution in [0.2, 0.25) is 0 Å². The van der Waals surface area contributed by atoms with Crippen LogP contribution in [0.4, 0.5) is 0 Å². The molecule has 0 unspecified atom stereocenters. The Morgan fingerprint density at radius 2 is 1.76 bits per heavy atom. The molecule has 0 saturated heterocycles. The maximum Gasteiger partial charge on any atom is 0.312 e. The predicted octanol–water partition coefficient (Wildman–Crippen LogP) is 1.40. The number of aromatic nitrogens is 1. The molecule has 0 atom stereocenters. The van der Waals surface area contributed by atoms with Crippen molar-refractivity contribution in [2.75, 3.05) is 0 Å². The molecule has 1 heterocycles. The van der Waals surface area contributed by atoms with E-state index in [4.69, 9.17) is 5.73 Å². The molecule has 0 fully saturated rings. The van der Waals surface area contributed by atoms with Crippen LogP contribution in [0.1, 0.15) is 17.0 Å². The molecule has 0 spiro atoms. The molecule has 5 nitrogen and oxygen atoms in total. The van der Waals surface area contributed by atoms with E-state index in [1.165, 1.54) is 4.90 Å². The Hall–Kier alpha value is -2.69. The predicted molar refractivity (Wildman–Crippen MR) is 78.9 cm³/mol. The summed E-state index contributed by atoms with van der Waals surface area (Å²) in [6.07, 6.45) is 0. The Morgan fingerprint density at radius 3 is 2.38 bits per heavy atom. The highest BCUT2D eigenvalue weighted by molar-refractivity contribution is 6.34. The molecule has 0 radical (unpaired) electrons. The molecule has 0 aliphatic carbocycles. The third kappa shape index (κ3) is 4.14. The first kappa shape index (κ1) is 14.7. The summed E-state index contributed by atoms with van der Waals surface area (Å²) in [5.41, 5.74) is 7.64. The summed E-state index contributed by atoms with van der Waals surface area (Å²) >= 11 is 0. The third-order valence-electron chi connectivity index (χ3n) is 3.01. The van der Waals surface area contributed by atoms with Gasteiger partial charge in [0.1, 0.15) is 0 Å². The molecular weight excluding hydrogens is 266 g/mol. The van der Waals surface area contributed by atoms with Crippen LogP contribution >= 0.6 is 0 Å². The highest BCUT2D eigenvalue weighted by Gasteiger charge is 2.20. The standard InChI is InChI=1S/C16H17N3O2/c1-12-6-5-9-14(18-12)11-19(16(21)15(17)20)10-13-7-3-2-4-8-13/h2-9H,10-11H2,1H3,(H2,17,20). The topological polar surface area (TPSA) is 76.3 Å². The number of hydrogen-bond donors (Lipinski definition) is 1. The number of hydrogen-bond acceptors (Lipinski definition) is 3. The lowest BCUT2D eigenvalue weighted by Crippen LogP contribution is -2.39. The highest BCUT2D eigenvalue weighted by atomic mass is 16.2. The number of rotatable bonds is 4. The Kier molecular flexibility index (Phi) is 4.66. The number of nitrogens with two attached hydrogens (primary N) is 1. The van der Waals surface area contributed by atoms with Crippen LogP contribution in [0.15, 0.2) is 48.5 Å². The van der Waals surface area contributed by atoms with Crippen molar-refractivity contribution >= 4 is 11.8 Å². The summed E-state index contributed by atoms with van der Waals surface area (Å²) in [5, 5.41) is 0. The summed E-state index contributed by atoms with van der Waals surface area (Å²) in [4.78, 5) is 28.9. The van der Waals surface area contributed by atoms with Crippen molar-refractivity contribution in [3.63, 3.8) is 0 Å². The van der Waals surface area contributed by atoms with Gasteiger partial charge in [0.2, 0.25) is 0 Å². The van der Waals surface area contributed by atoms with Gasteiger partial charge in [0, 0.05) is 12.2 Å². The molecule has 108 valence electrons. The van der Waals surface area contributed by atoms with Gasteiger partial charge < -0.3 is 10.6 Å². The molecule has 1 aromatic carbocycles. The molecule has 0 aliphatic rings. The second-order valence-corrected chi connectivity index (χ2v) is 4.78. The number of aryl methyl sites for hydroxylation is 1. The van der Waals surface area contributed by atoms with Crippen molar-refractivity contribution in [2.45, 2.75) is 20.0 Å². The molecule has 1 aromatic heterocycles. The Labute approximate surface area is 123 Å². The molecular formula is C16H17N3O2. The molecule has 0 aliphatic heterocycles. The van der Waals surface area contributed by atoms with Gasteiger partial charge in [-0.15, -0.1) is 0 Å². The number of amides is 2. The fourth-order valence-electron chi connectivity index (χ4n) is 2.04. The van der Waals surface area contributed by atoms with Gasteiger partial charge in [0.05, 0.1) is 12.2 Å². The zero-order valence-electron chi connectivity index (χ0n) is 11.8. The van der Waals surface area contributed by atoms with Gasteiger partial charge in [-0.05, 0) is 24.6 Å². The van der Waals surface area contributed by atoms with E-state index in [1.807, 2.05) is 55.5 Å².